The van der Waals surface area contributed by atoms with Crippen molar-refractivity contribution in [3.8, 4) is 28.5 Å². The van der Waals surface area contributed by atoms with Crippen LogP contribution in [0.3, 0.4) is 0 Å². The van der Waals surface area contributed by atoms with Gasteiger partial charge in [-0.1, -0.05) is 23.7 Å². The lowest BCUT2D eigenvalue weighted by molar-refractivity contribution is 0.283. The molecule has 0 aliphatic rings. The Bertz CT molecular complexity index is 1550. The number of aryl methyl sites for hydroxylation is 1. The van der Waals surface area contributed by atoms with Gasteiger partial charge in [0.05, 0.1) is 36.5 Å². The lowest BCUT2D eigenvalue weighted by atomic mass is 10.1. The molecule has 0 bridgehead atoms. The Morgan fingerprint density at radius 3 is 2.59 bits per heavy atom. The highest BCUT2D eigenvalue weighted by Crippen LogP contribution is 2.29. The summed E-state index contributed by atoms with van der Waals surface area (Å²) in [5, 5.41) is 15.2. The minimum atomic E-state index is -0.330. The van der Waals surface area contributed by atoms with Crippen LogP contribution in [0.5, 0.6) is 5.75 Å². The first-order chi connectivity index (χ1) is 16.5. The number of aliphatic hydroxyl groups is 1. The van der Waals surface area contributed by atoms with Gasteiger partial charge >= 0.3 is 0 Å². The molecule has 0 spiro atoms. The molecule has 9 heteroatoms. The van der Waals surface area contributed by atoms with Gasteiger partial charge in [0, 0.05) is 23.5 Å². The van der Waals surface area contributed by atoms with Crippen LogP contribution < -0.4 is 10.3 Å². The molecule has 0 saturated carbocycles. The second-order valence-corrected chi connectivity index (χ2v) is 8.15. The normalized spacial score (nSPS) is 11.3. The first-order valence-electron chi connectivity index (χ1n) is 10.6. The van der Waals surface area contributed by atoms with Crippen molar-refractivity contribution in [2.75, 3.05) is 7.11 Å². The smallest absolute Gasteiger partial charge is 0.277 e. The second kappa shape index (κ2) is 8.81. The van der Waals surface area contributed by atoms with Crippen LogP contribution in [0, 0.1) is 6.92 Å². The topological polar surface area (TPSA) is 94.8 Å². The summed E-state index contributed by atoms with van der Waals surface area (Å²) in [7, 11) is 1.59. The summed E-state index contributed by atoms with van der Waals surface area (Å²) in [6, 6.07) is 14.6. The zero-order valence-electron chi connectivity index (χ0n) is 18.5. The molecule has 172 valence electrons. The fourth-order valence-electron chi connectivity index (χ4n) is 3.89. The van der Waals surface area contributed by atoms with Crippen LogP contribution in [0.4, 0.5) is 0 Å². The molecular weight excluding hydrogens is 456 g/mol. The molecule has 0 atom stereocenters. The zero-order valence-corrected chi connectivity index (χ0v) is 19.3. The molecule has 0 saturated heterocycles. The van der Waals surface area contributed by atoms with Gasteiger partial charge < -0.3 is 18.8 Å². The van der Waals surface area contributed by atoms with E-state index in [9.17, 15) is 9.90 Å². The van der Waals surface area contributed by atoms with E-state index in [1.165, 1.54) is 9.08 Å². The lowest BCUT2D eigenvalue weighted by Crippen LogP contribution is -2.23. The van der Waals surface area contributed by atoms with Gasteiger partial charge in [-0.3, -0.25) is 4.79 Å². The number of oxazole rings is 1. The number of benzene rings is 2. The van der Waals surface area contributed by atoms with Crippen molar-refractivity contribution in [3.63, 3.8) is 0 Å². The summed E-state index contributed by atoms with van der Waals surface area (Å²) in [4.78, 5) is 18.0. The van der Waals surface area contributed by atoms with Crippen molar-refractivity contribution >= 4 is 17.1 Å². The van der Waals surface area contributed by atoms with Crippen LogP contribution in [0.25, 0.3) is 28.2 Å². The second-order valence-electron chi connectivity index (χ2n) is 7.74. The average molecular weight is 477 g/mol. The first kappa shape index (κ1) is 21.9. The molecule has 0 radical (unpaired) electrons. The van der Waals surface area contributed by atoms with Crippen molar-refractivity contribution in [2.45, 2.75) is 20.1 Å². The van der Waals surface area contributed by atoms with Crippen LogP contribution in [-0.4, -0.2) is 31.4 Å². The summed E-state index contributed by atoms with van der Waals surface area (Å²) in [6.07, 6.45) is 3.33. The van der Waals surface area contributed by atoms with Crippen LogP contribution in [0.15, 0.2) is 70.1 Å². The summed E-state index contributed by atoms with van der Waals surface area (Å²) < 4.78 is 14.1. The molecule has 0 aliphatic carbocycles. The molecule has 8 nitrogen and oxygen atoms in total. The average Bonchev–Trinajstić information content (AvgIpc) is 3.41. The van der Waals surface area contributed by atoms with Crippen molar-refractivity contribution in [1.29, 1.82) is 0 Å². The minimum absolute atomic E-state index is 0.197. The predicted molar refractivity (Wildman–Crippen MR) is 128 cm³/mol. The highest BCUT2D eigenvalue weighted by atomic mass is 35.5. The van der Waals surface area contributed by atoms with E-state index >= 15 is 0 Å². The molecule has 5 rings (SSSR count). The molecule has 34 heavy (non-hydrogen) atoms. The van der Waals surface area contributed by atoms with E-state index in [2.05, 4.69) is 10.1 Å². The van der Waals surface area contributed by atoms with Gasteiger partial charge in [-0.15, -0.1) is 0 Å². The van der Waals surface area contributed by atoms with Crippen molar-refractivity contribution in [1.82, 2.24) is 19.2 Å². The third-order valence-corrected chi connectivity index (χ3v) is 6.03. The Hall–Kier alpha value is -3.88. The van der Waals surface area contributed by atoms with E-state index in [-0.39, 0.29) is 18.7 Å². The minimum Gasteiger partial charge on any atom is -0.497 e. The third kappa shape index (κ3) is 3.76. The maximum atomic E-state index is 13.4. The number of aromatic nitrogens is 4. The molecular formula is C25H21ClN4O4. The van der Waals surface area contributed by atoms with E-state index in [4.69, 9.17) is 20.8 Å². The first-order valence-corrected chi connectivity index (χ1v) is 10.9. The van der Waals surface area contributed by atoms with Gasteiger partial charge in [-0.2, -0.15) is 5.10 Å². The molecule has 5 aromatic rings. The quantitative estimate of drug-likeness (QED) is 0.392. The van der Waals surface area contributed by atoms with Gasteiger partial charge in [0.1, 0.15) is 22.7 Å². The fraction of sp³-hybridized carbons (Fsp3) is 0.160. The SMILES string of the molecule is COc1ccc(-c2nn3ccn(Cc4nc(-c5ccccc5Cl)oc4C)c(=O)c3c2CO)cc1. The number of fused-ring (bicyclic) bond motifs is 1. The third-order valence-electron chi connectivity index (χ3n) is 5.70. The maximum absolute atomic E-state index is 13.4. The van der Waals surface area contributed by atoms with E-state index in [1.54, 1.807) is 32.5 Å². The Morgan fingerprint density at radius 2 is 1.88 bits per heavy atom. The number of halogens is 1. The fourth-order valence-corrected chi connectivity index (χ4v) is 4.11. The van der Waals surface area contributed by atoms with Gasteiger partial charge in [0.2, 0.25) is 5.89 Å². The van der Waals surface area contributed by atoms with Crippen LogP contribution in [0.2, 0.25) is 5.02 Å². The van der Waals surface area contributed by atoms with Crippen LogP contribution >= 0.6 is 11.6 Å². The predicted octanol–water partition coefficient (Wildman–Crippen LogP) is 4.33. The van der Waals surface area contributed by atoms with Gasteiger partial charge in [0.15, 0.2) is 0 Å². The molecule has 0 amide bonds. The van der Waals surface area contributed by atoms with Crippen molar-refractivity contribution in [3.05, 3.63) is 93.3 Å². The van der Waals surface area contributed by atoms with Crippen molar-refractivity contribution < 1.29 is 14.3 Å². The number of ether oxygens (including phenoxy) is 1. The Morgan fingerprint density at radius 1 is 1.12 bits per heavy atom. The van der Waals surface area contributed by atoms with Gasteiger partial charge in [-0.05, 0) is 43.3 Å². The van der Waals surface area contributed by atoms with E-state index in [0.29, 0.717) is 50.5 Å². The Labute approximate surface area is 199 Å². The zero-order chi connectivity index (χ0) is 23.8. The highest BCUT2D eigenvalue weighted by Gasteiger charge is 2.19. The number of rotatable bonds is 6. The van der Waals surface area contributed by atoms with Crippen LogP contribution in [0.1, 0.15) is 17.0 Å². The lowest BCUT2D eigenvalue weighted by Gasteiger charge is -2.05. The largest absolute Gasteiger partial charge is 0.497 e. The molecule has 2 aromatic carbocycles. The molecule has 0 aliphatic heterocycles. The number of aliphatic hydroxyl groups excluding tert-OH is 1. The number of hydrogen-bond acceptors (Lipinski definition) is 6. The molecule has 3 heterocycles. The molecule has 3 aromatic heterocycles. The highest BCUT2D eigenvalue weighted by molar-refractivity contribution is 6.33. The summed E-state index contributed by atoms with van der Waals surface area (Å²) in [5.41, 5.74) is 3.09. The van der Waals surface area contributed by atoms with Gasteiger partial charge in [-0.25, -0.2) is 9.50 Å². The Kier molecular flexibility index (Phi) is 5.69. The monoisotopic (exact) mass is 476 g/mol. The van der Waals surface area contributed by atoms with E-state index < -0.39 is 0 Å². The molecule has 0 unspecified atom stereocenters. The number of methoxy groups -OCH3 is 1. The van der Waals surface area contributed by atoms with E-state index in [1.807, 2.05) is 42.5 Å². The Balaban J connectivity index is 1.55. The van der Waals surface area contributed by atoms with Crippen LogP contribution in [-0.2, 0) is 13.2 Å². The standard InChI is InChI=1S/C25H21ClN4O4/c1-15-21(27-24(34-15)18-5-3-4-6-20(18)26)13-29-11-12-30-23(25(29)32)19(14-31)22(28-30)16-7-9-17(33-2)10-8-16/h3-12,31H,13-14H2,1-2H3. The maximum Gasteiger partial charge on any atom is 0.277 e. The molecule has 1 N–H and O–H groups in total. The van der Waals surface area contributed by atoms with E-state index in [0.717, 1.165) is 5.56 Å². The summed E-state index contributed by atoms with van der Waals surface area (Å²) >= 11 is 6.28. The molecule has 0 fully saturated rings. The van der Waals surface area contributed by atoms with Crippen molar-refractivity contribution in [2.24, 2.45) is 0 Å². The summed E-state index contributed by atoms with van der Waals surface area (Å²) in [5.74, 6) is 1.70. The number of hydrogen-bond donors (Lipinski definition) is 1. The van der Waals surface area contributed by atoms with Gasteiger partial charge in [0.25, 0.3) is 5.56 Å². The number of nitrogens with zero attached hydrogens (tertiary/aromatic N) is 4. The summed E-state index contributed by atoms with van der Waals surface area (Å²) in [6.45, 7) is 1.67.